The number of hydrogen-bond acceptors (Lipinski definition) is 7. The number of nitrogens with zero attached hydrogens (tertiary/aromatic N) is 3. The van der Waals surface area contributed by atoms with Gasteiger partial charge >= 0.3 is 6.09 Å². The van der Waals surface area contributed by atoms with E-state index >= 15 is 0 Å². The zero-order valence-electron chi connectivity index (χ0n) is 17.9. The van der Waals surface area contributed by atoms with Crippen LogP contribution in [-0.4, -0.2) is 72.3 Å². The van der Waals surface area contributed by atoms with Gasteiger partial charge in [0.05, 0.1) is 11.4 Å². The number of nitrogens with two attached hydrogens (primary N) is 1. The lowest BCUT2D eigenvalue weighted by Crippen LogP contribution is -2.52. The molecule has 1 fully saturated rings. The van der Waals surface area contributed by atoms with Gasteiger partial charge in [-0.25, -0.2) is 13.2 Å². The predicted octanol–water partition coefficient (Wildman–Crippen LogP) is 1.76. The van der Waals surface area contributed by atoms with Crippen molar-refractivity contribution in [3.8, 4) is 0 Å². The number of ether oxygens (including phenoxy) is 1. The molecule has 1 aromatic heterocycles. The summed E-state index contributed by atoms with van der Waals surface area (Å²) in [5.41, 5.74) is 4.88. The van der Waals surface area contributed by atoms with Crippen LogP contribution in [0.15, 0.2) is 41.6 Å². The summed E-state index contributed by atoms with van der Waals surface area (Å²) in [6.07, 6.45) is 3.02. The van der Waals surface area contributed by atoms with Gasteiger partial charge in [-0.2, -0.15) is 4.31 Å². The highest BCUT2D eigenvalue weighted by Crippen LogP contribution is 2.25. The van der Waals surface area contributed by atoms with Gasteiger partial charge in [0.2, 0.25) is 10.0 Å². The Morgan fingerprint density at radius 1 is 1.19 bits per heavy atom. The van der Waals surface area contributed by atoms with Crippen LogP contribution in [0.2, 0.25) is 0 Å². The molecule has 1 unspecified atom stereocenters. The third-order valence-electron chi connectivity index (χ3n) is 4.99. The summed E-state index contributed by atoms with van der Waals surface area (Å²) in [4.78, 5) is 30.7. The number of benzene rings is 1. The molecule has 1 atom stereocenters. The molecule has 10 heteroatoms. The number of ketones is 1. The largest absolute Gasteiger partial charge is 0.444 e. The summed E-state index contributed by atoms with van der Waals surface area (Å²) in [6.45, 7) is 5.17. The maximum absolute atomic E-state index is 13.5. The molecule has 1 aromatic carbocycles. The minimum absolute atomic E-state index is 0.0757. The van der Waals surface area contributed by atoms with E-state index in [2.05, 4.69) is 4.98 Å². The molecule has 1 saturated heterocycles. The fraction of sp³-hybridized carbons (Fsp3) is 0.476. The predicted molar refractivity (Wildman–Crippen MR) is 116 cm³/mol. The maximum atomic E-state index is 13.5. The Balaban J connectivity index is 1.95. The van der Waals surface area contributed by atoms with Crippen molar-refractivity contribution in [2.45, 2.75) is 43.7 Å². The maximum Gasteiger partial charge on any atom is 0.410 e. The van der Waals surface area contributed by atoms with Crippen molar-refractivity contribution in [1.82, 2.24) is 14.2 Å². The van der Waals surface area contributed by atoms with Crippen LogP contribution in [0, 0.1) is 0 Å². The third-order valence-corrected chi connectivity index (χ3v) is 6.89. The first kappa shape index (κ1) is 23.1. The van der Waals surface area contributed by atoms with Crippen LogP contribution in [0.5, 0.6) is 0 Å². The van der Waals surface area contributed by atoms with Gasteiger partial charge in [0.1, 0.15) is 11.6 Å². The van der Waals surface area contributed by atoms with E-state index in [0.29, 0.717) is 6.42 Å². The molecule has 0 radical (unpaired) electrons. The Labute approximate surface area is 182 Å². The normalized spacial score (nSPS) is 18.6. The Bertz CT molecular complexity index is 1080. The average Bonchev–Trinajstić information content (AvgIpc) is 2.95. The summed E-state index contributed by atoms with van der Waals surface area (Å²) in [5, 5.41) is 1.53. The second-order valence-corrected chi connectivity index (χ2v) is 10.4. The second kappa shape index (κ2) is 8.89. The monoisotopic (exact) mass is 448 g/mol. The van der Waals surface area contributed by atoms with Crippen LogP contribution < -0.4 is 5.73 Å². The van der Waals surface area contributed by atoms with Gasteiger partial charge in [0, 0.05) is 37.4 Å². The van der Waals surface area contributed by atoms with Crippen LogP contribution >= 0.6 is 0 Å². The zero-order valence-corrected chi connectivity index (χ0v) is 18.8. The van der Waals surface area contributed by atoms with E-state index < -0.39 is 33.5 Å². The van der Waals surface area contributed by atoms with E-state index in [4.69, 9.17) is 10.5 Å². The van der Waals surface area contributed by atoms with Gasteiger partial charge in [-0.3, -0.25) is 9.78 Å². The van der Waals surface area contributed by atoms with E-state index in [-0.39, 0.29) is 31.1 Å². The first-order chi connectivity index (χ1) is 14.5. The molecule has 0 bridgehead atoms. The zero-order chi connectivity index (χ0) is 22.8. The number of pyridine rings is 1. The topological polar surface area (TPSA) is 123 Å². The molecule has 2 heterocycles. The van der Waals surface area contributed by atoms with Crippen molar-refractivity contribution in [3.05, 3.63) is 36.7 Å². The molecule has 168 valence electrons. The van der Waals surface area contributed by atoms with Crippen LogP contribution in [0.3, 0.4) is 0 Å². The van der Waals surface area contributed by atoms with Crippen molar-refractivity contribution in [1.29, 1.82) is 0 Å². The van der Waals surface area contributed by atoms with E-state index in [1.165, 1.54) is 11.0 Å². The molecule has 1 aliphatic heterocycles. The van der Waals surface area contributed by atoms with Crippen LogP contribution in [0.4, 0.5) is 4.79 Å². The Kier molecular flexibility index (Phi) is 6.63. The van der Waals surface area contributed by atoms with Gasteiger partial charge < -0.3 is 15.4 Å². The summed E-state index contributed by atoms with van der Waals surface area (Å²) in [7, 11) is -4.01. The highest BCUT2D eigenvalue weighted by atomic mass is 32.2. The van der Waals surface area contributed by atoms with Crippen LogP contribution in [-0.2, 0) is 19.6 Å². The smallest absolute Gasteiger partial charge is 0.410 e. The fourth-order valence-electron chi connectivity index (χ4n) is 3.50. The summed E-state index contributed by atoms with van der Waals surface area (Å²) in [5.74, 6) is -0.455. The molecule has 1 amide bonds. The molecule has 1 aliphatic rings. The quantitative estimate of drug-likeness (QED) is 0.756. The van der Waals surface area contributed by atoms with Crippen molar-refractivity contribution in [3.63, 3.8) is 0 Å². The minimum Gasteiger partial charge on any atom is -0.444 e. The van der Waals surface area contributed by atoms with Gasteiger partial charge in [-0.05, 0) is 50.8 Å². The average molecular weight is 449 g/mol. The van der Waals surface area contributed by atoms with Gasteiger partial charge in [0.25, 0.3) is 0 Å². The van der Waals surface area contributed by atoms with Crippen LogP contribution in [0.25, 0.3) is 10.8 Å². The van der Waals surface area contributed by atoms with E-state index in [9.17, 15) is 18.0 Å². The third kappa shape index (κ3) is 5.20. The Morgan fingerprint density at radius 3 is 2.61 bits per heavy atom. The van der Waals surface area contributed by atoms with Crippen molar-refractivity contribution in [2.24, 2.45) is 5.73 Å². The highest BCUT2D eigenvalue weighted by molar-refractivity contribution is 7.89. The molecule has 0 saturated carbocycles. The number of hydrogen-bond donors (Lipinski definition) is 1. The lowest BCUT2D eigenvalue weighted by atomic mass is 10.2. The first-order valence-electron chi connectivity index (χ1n) is 10.1. The lowest BCUT2D eigenvalue weighted by Gasteiger charge is -2.31. The molecule has 9 nitrogen and oxygen atoms in total. The number of sulfonamides is 1. The SMILES string of the molecule is CC(C)(C)OC(=O)N1CCCN(S(=O)(=O)c2ccc3cnccc3c2)C(C(=O)CN)C1. The number of fused-ring (bicyclic) bond motifs is 1. The molecular formula is C21H28N4O5S. The Morgan fingerprint density at radius 2 is 1.94 bits per heavy atom. The lowest BCUT2D eigenvalue weighted by molar-refractivity contribution is -0.121. The van der Waals surface area contributed by atoms with Crippen molar-refractivity contribution in [2.75, 3.05) is 26.2 Å². The van der Waals surface area contributed by atoms with Crippen molar-refractivity contribution < 1.29 is 22.7 Å². The number of Topliss-reactive ketones (excluding diaryl/α,β-unsaturated/α-hetero) is 1. The van der Waals surface area contributed by atoms with E-state index in [1.54, 1.807) is 51.4 Å². The molecule has 0 spiro atoms. The molecule has 2 aromatic rings. The second-order valence-electron chi connectivity index (χ2n) is 8.47. The summed E-state index contributed by atoms with van der Waals surface area (Å²) >= 11 is 0. The first-order valence-corrected chi connectivity index (χ1v) is 11.5. The molecule has 3 rings (SSSR count). The van der Waals surface area contributed by atoms with Gasteiger partial charge in [0.15, 0.2) is 5.78 Å². The van der Waals surface area contributed by atoms with E-state index in [1.807, 2.05) is 0 Å². The standard InChI is InChI=1S/C21H28N4O5S/c1-21(2,3)30-20(27)24-9-4-10-25(18(14-24)19(26)12-22)31(28,29)17-6-5-16-13-23-8-7-15(16)11-17/h5-8,11,13,18H,4,9-10,12,14,22H2,1-3H3. The highest BCUT2D eigenvalue weighted by Gasteiger charge is 2.39. The van der Waals surface area contributed by atoms with Gasteiger partial charge in [-0.1, -0.05) is 6.07 Å². The fourth-order valence-corrected chi connectivity index (χ4v) is 5.18. The van der Waals surface area contributed by atoms with Crippen molar-refractivity contribution >= 4 is 32.7 Å². The molecule has 2 N–H and O–H groups in total. The number of amides is 1. The van der Waals surface area contributed by atoms with Crippen LogP contribution in [0.1, 0.15) is 27.2 Å². The van der Waals surface area contributed by atoms with Gasteiger partial charge in [-0.15, -0.1) is 0 Å². The molecule has 0 aliphatic carbocycles. The molecular weight excluding hydrogens is 420 g/mol. The summed E-state index contributed by atoms with van der Waals surface area (Å²) in [6, 6.07) is 5.38. The summed E-state index contributed by atoms with van der Waals surface area (Å²) < 4.78 is 33.6. The van der Waals surface area contributed by atoms with E-state index in [0.717, 1.165) is 15.1 Å². The number of carbonyl (C=O) groups is 2. The number of rotatable bonds is 4. The number of aromatic nitrogens is 1. The molecule has 31 heavy (non-hydrogen) atoms. The minimum atomic E-state index is -4.01. The number of carbonyl (C=O) groups excluding carboxylic acids is 2. The Hall–Kier alpha value is -2.56.